The molecule has 0 fully saturated rings. The number of nitriles is 1. The number of carbonyl (C=O) groups excluding carboxylic acids is 1. The summed E-state index contributed by atoms with van der Waals surface area (Å²) < 4.78 is 5.50. The van der Waals surface area contributed by atoms with Crippen molar-refractivity contribution in [3.63, 3.8) is 0 Å². The number of hydrogen-bond donors (Lipinski definition) is 1. The van der Waals surface area contributed by atoms with Gasteiger partial charge in [0.25, 0.3) is 0 Å². The minimum Gasteiger partial charge on any atom is -0.494 e. The summed E-state index contributed by atoms with van der Waals surface area (Å²) in [5.74, 6) is 0.666. The lowest BCUT2D eigenvalue weighted by Crippen LogP contribution is -2.31. The molecular formula is C19H20N2O2S. The molecule has 1 unspecified atom stereocenters. The van der Waals surface area contributed by atoms with Crippen LogP contribution in [0.4, 0.5) is 0 Å². The first kappa shape index (κ1) is 16.7. The highest BCUT2D eigenvalue weighted by Gasteiger charge is 2.36. The Bertz CT molecular complexity index is 757. The number of ether oxygens (including phenoxy) is 1. The van der Waals surface area contributed by atoms with Crippen molar-refractivity contribution in [2.24, 2.45) is 0 Å². The summed E-state index contributed by atoms with van der Waals surface area (Å²) in [5, 5.41) is 13.9. The van der Waals surface area contributed by atoms with Crippen molar-refractivity contribution < 1.29 is 9.53 Å². The summed E-state index contributed by atoms with van der Waals surface area (Å²) in [6, 6.07) is 10.1. The molecule has 0 aromatic heterocycles. The molecule has 1 aliphatic heterocycles. The van der Waals surface area contributed by atoms with E-state index in [1.807, 2.05) is 37.4 Å². The van der Waals surface area contributed by atoms with E-state index in [1.54, 1.807) is 0 Å². The highest BCUT2D eigenvalue weighted by atomic mass is 32.2. The van der Waals surface area contributed by atoms with Gasteiger partial charge in [0.15, 0.2) is 5.78 Å². The van der Waals surface area contributed by atoms with E-state index in [1.165, 1.54) is 11.8 Å². The van der Waals surface area contributed by atoms with Crippen LogP contribution >= 0.6 is 11.8 Å². The molecule has 4 nitrogen and oxygen atoms in total. The minimum atomic E-state index is -0.280. The number of carbonyl (C=O) groups is 1. The fourth-order valence-corrected chi connectivity index (χ4v) is 3.95. The molecule has 124 valence electrons. The van der Waals surface area contributed by atoms with Gasteiger partial charge in [0.05, 0.1) is 29.2 Å². The standard InChI is InChI=1S/C19H20N2O2S/c1-3-23-13-9-7-12(8-10-13)17-14(11-20)19(24-2)21-15-5-4-6-16(22)18(15)17/h7-10,17,21H,3-6H2,1-2H3. The van der Waals surface area contributed by atoms with Gasteiger partial charge < -0.3 is 10.1 Å². The Balaban J connectivity index is 2.09. The molecule has 0 amide bonds. The van der Waals surface area contributed by atoms with Gasteiger partial charge >= 0.3 is 0 Å². The molecule has 0 bridgehead atoms. The van der Waals surface area contributed by atoms with Crippen LogP contribution in [0.1, 0.15) is 37.7 Å². The second-order valence-corrected chi connectivity index (χ2v) is 6.60. The Kier molecular flexibility index (Phi) is 4.96. The average molecular weight is 340 g/mol. The molecule has 0 radical (unpaired) electrons. The number of nitrogens with one attached hydrogen (secondary N) is 1. The number of hydrogen-bond acceptors (Lipinski definition) is 5. The lowest BCUT2D eigenvalue weighted by atomic mass is 9.77. The largest absolute Gasteiger partial charge is 0.494 e. The smallest absolute Gasteiger partial charge is 0.161 e. The van der Waals surface area contributed by atoms with Crippen LogP contribution in [0.2, 0.25) is 0 Å². The van der Waals surface area contributed by atoms with E-state index in [-0.39, 0.29) is 11.7 Å². The zero-order valence-electron chi connectivity index (χ0n) is 13.9. The molecule has 1 N–H and O–H groups in total. The van der Waals surface area contributed by atoms with Crippen LogP contribution < -0.4 is 10.1 Å². The molecule has 24 heavy (non-hydrogen) atoms. The van der Waals surface area contributed by atoms with E-state index < -0.39 is 0 Å². The molecular weight excluding hydrogens is 320 g/mol. The van der Waals surface area contributed by atoms with Gasteiger partial charge in [-0.05, 0) is 43.7 Å². The van der Waals surface area contributed by atoms with Crippen LogP contribution in [-0.2, 0) is 4.79 Å². The van der Waals surface area contributed by atoms with Gasteiger partial charge in [-0.25, -0.2) is 0 Å². The molecule has 1 aliphatic carbocycles. The quantitative estimate of drug-likeness (QED) is 0.901. The first-order valence-electron chi connectivity index (χ1n) is 8.13. The Morgan fingerprint density at radius 1 is 1.33 bits per heavy atom. The highest BCUT2D eigenvalue weighted by Crippen LogP contribution is 2.43. The molecule has 1 heterocycles. The van der Waals surface area contributed by atoms with Crippen LogP contribution in [-0.4, -0.2) is 18.6 Å². The van der Waals surface area contributed by atoms with Gasteiger partial charge in [-0.15, -0.1) is 11.8 Å². The van der Waals surface area contributed by atoms with Gasteiger partial charge in [0.1, 0.15) is 5.75 Å². The molecule has 1 aromatic carbocycles. The summed E-state index contributed by atoms with van der Waals surface area (Å²) in [6.45, 7) is 2.56. The summed E-state index contributed by atoms with van der Waals surface area (Å²) in [6.07, 6.45) is 4.23. The van der Waals surface area contributed by atoms with Crippen molar-refractivity contribution in [1.82, 2.24) is 5.32 Å². The summed E-state index contributed by atoms with van der Waals surface area (Å²) >= 11 is 1.52. The third-order valence-corrected chi connectivity index (χ3v) is 5.12. The number of ketones is 1. The number of dihydropyridines is 1. The molecule has 1 aromatic rings. The van der Waals surface area contributed by atoms with Crippen LogP contribution in [0, 0.1) is 11.3 Å². The monoisotopic (exact) mass is 340 g/mol. The predicted octanol–water partition coefficient (Wildman–Crippen LogP) is 3.88. The van der Waals surface area contributed by atoms with E-state index in [9.17, 15) is 10.1 Å². The Hall–Kier alpha value is -2.19. The second-order valence-electron chi connectivity index (χ2n) is 5.79. The number of thioether (sulfide) groups is 1. The number of Topliss-reactive ketones (excluding diaryl/α,β-unsaturated/α-hetero) is 1. The number of rotatable bonds is 4. The molecule has 0 saturated carbocycles. The maximum Gasteiger partial charge on any atom is 0.161 e. The number of benzene rings is 1. The van der Waals surface area contributed by atoms with Crippen LogP contribution in [0.15, 0.2) is 46.1 Å². The van der Waals surface area contributed by atoms with Crippen molar-refractivity contribution in [2.75, 3.05) is 12.9 Å². The average Bonchev–Trinajstić information content (AvgIpc) is 2.61. The number of allylic oxidation sites excluding steroid dienone is 3. The van der Waals surface area contributed by atoms with E-state index in [0.29, 0.717) is 18.6 Å². The third-order valence-electron chi connectivity index (χ3n) is 4.39. The van der Waals surface area contributed by atoms with Crippen molar-refractivity contribution in [3.8, 4) is 11.8 Å². The first-order chi connectivity index (χ1) is 11.7. The van der Waals surface area contributed by atoms with E-state index in [0.717, 1.165) is 40.5 Å². The fraction of sp³-hybridized carbons (Fsp3) is 0.368. The summed E-state index contributed by atoms with van der Waals surface area (Å²) in [4.78, 5) is 12.6. The zero-order chi connectivity index (χ0) is 17.1. The SMILES string of the molecule is CCOc1ccc(C2C(C#N)=C(SC)NC3=C2C(=O)CCC3)cc1. The lowest BCUT2D eigenvalue weighted by Gasteiger charge is -2.33. The molecule has 3 rings (SSSR count). The lowest BCUT2D eigenvalue weighted by molar-refractivity contribution is -0.116. The van der Waals surface area contributed by atoms with Crippen molar-refractivity contribution in [3.05, 3.63) is 51.7 Å². The van der Waals surface area contributed by atoms with Gasteiger partial charge in [0.2, 0.25) is 0 Å². The fourth-order valence-electron chi connectivity index (χ4n) is 3.34. The molecule has 0 saturated heterocycles. The molecule has 1 atom stereocenters. The topological polar surface area (TPSA) is 62.1 Å². The van der Waals surface area contributed by atoms with Gasteiger partial charge in [0, 0.05) is 17.7 Å². The maximum atomic E-state index is 12.6. The minimum absolute atomic E-state index is 0.149. The molecule has 2 aliphatic rings. The van der Waals surface area contributed by atoms with Crippen LogP contribution in [0.25, 0.3) is 0 Å². The van der Waals surface area contributed by atoms with Gasteiger partial charge in [-0.1, -0.05) is 12.1 Å². The molecule has 5 heteroatoms. The van der Waals surface area contributed by atoms with Crippen LogP contribution in [0.5, 0.6) is 5.75 Å². The molecule has 0 spiro atoms. The first-order valence-corrected chi connectivity index (χ1v) is 9.36. The van der Waals surface area contributed by atoms with E-state index in [2.05, 4.69) is 11.4 Å². The second kappa shape index (κ2) is 7.14. The Labute approximate surface area is 146 Å². The number of nitrogens with zero attached hydrogens (tertiary/aromatic N) is 1. The Morgan fingerprint density at radius 3 is 2.71 bits per heavy atom. The third kappa shape index (κ3) is 2.94. The van der Waals surface area contributed by atoms with Crippen molar-refractivity contribution >= 4 is 17.5 Å². The normalized spacial score (nSPS) is 20.4. The zero-order valence-corrected chi connectivity index (χ0v) is 14.7. The highest BCUT2D eigenvalue weighted by molar-refractivity contribution is 8.02. The Morgan fingerprint density at radius 2 is 2.08 bits per heavy atom. The van der Waals surface area contributed by atoms with Crippen molar-refractivity contribution in [2.45, 2.75) is 32.1 Å². The predicted molar refractivity (Wildman–Crippen MR) is 95.5 cm³/mol. The maximum absolute atomic E-state index is 12.6. The van der Waals surface area contributed by atoms with Gasteiger partial charge in [-0.3, -0.25) is 4.79 Å². The van der Waals surface area contributed by atoms with Gasteiger partial charge in [-0.2, -0.15) is 5.26 Å². The summed E-state index contributed by atoms with van der Waals surface area (Å²) in [5.41, 5.74) is 3.33. The summed E-state index contributed by atoms with van der Waals surface area (Å²) in [7, 11) is 0. The van der Waals surface area contributed by atoms with Crippen LogP contribution in [0.3, 0.4) is 0 Å². The van der Waals surface area contributed by atoms with E-state index in [4.69, 9.17) is 4.74 Å². The van der Waals surface area contributed by atoms with E-state index >= 15 is 0 Å². The van der Waals surface area contributed by atoms with Crippen molar-refractivity contribution in [1.29, 1.82) is 5.26 Å².